The average molecular weight is 233 g/mol. The molecule has 0 saturated carbocycles. The van der Waals surface area contributed by atoms with E-state index >= 15 is 0 Å². The summed E-state index contributed by atoms with van der Waals surface area (Å²) in [5, 5.41) is 0. The number of hydrogen-bond donors (Lipinski definition) is 0. The summed E-state index contributed by atoms with van der Waals surface area (Å²) in [6, 6.07) is 1.75. The van der Waals surface area contributed by atoms with Crippen molar-refractivity contribution < 1.29 is 0 Å². The molecular weight excluding hydrogens is 206 g/mol. The lowest BCUT2D eigenvalue weighted by atomic mass is 9.78. The van der Waals surface area contributed by atoms with Crippen LogP contribution in [0.4, 0.5) is 0 Å². The predicted octanol–water partition coefficient (Wildman–Crippen LogP) is 3.83. The minimum atomic E-state index is 0.844. The van der Waals surface area contributed by atoms with E-state index in [0.717, 1.165) is 24.4 Å². The molecule has 0 spiro atoms. The molecule has 0 aliphatic carbocycles. The fourth-order valence-corrected chi connectivity index (χ4v) is 3.93. The van der Waals surface area contributed by atoms with Crippen molar-refractivity contribution in [1.82, 2.24) is 4.90 Å². The minimum Gasteiger partial charge on any atom is -0.297 e. The molecule has 0 radical (unpaired) electrons. The molecule has 0 amide bonds. The average Bonchev–Trinajstić information content (AvgIpc) is 2.39. The summed E-state index contributed by atoms with van der Waals surface area (Å²) in [5.74, 6) is 3.75. The number of fused-ring (bicyclic) bond motifs is 1. The molecule has 0 N–H and O–H groups in total. The topological polar surface area (TPSA) is 3.24 Å². The molecular formula is C16H27N. The predicted molar refractivity (Wildman–Crippen MR) is 73.8 cm³/mol. The first-order valence-corrected chi connectivity index (χ1v) is 7.56. The SMILES string of the molecule is C#CCCC[C@H]1CC[C@H](CC)[C@H]2CCCCN12. The van der Waals surface area contributed by atoms with Crippen LogP contribution in [0.2, 0.25) is 0 Å². The van der Waals surface area contributed by atoms with Crippen LogP contribution in [0.3, 0.4) is 0 Å². The zero-order valence-electron chi connectivity index (χ0n) is 11.3. The van der Waals surface area contributed by atoms with Crippen LogP contribution in [-0.2, 0) is 0 Å². The van der Waals surface area contributed by atoms with E-state index in [2.05, 4.69) is 17.7 Å². The molecule has 96 valence electrons. The van der Waals surface area contributed by atoms with Crippen LogP contribution in [0.15, 0.2) is 0 Å². The van der Waals surface area contributed by atoms with Crippen LogP contribution in [-0.4, -0.2) is 23.5 Å². The highest BCUT2D eigenvalue weighted by Crippen LogP contribution is 2.37. The van der Waals surface area contributed by atoms with Gasteiger partial charge < -0.3 is 0 Å². The first kappa shape index (κ1) is 13.0. The zero-order chi connectivity index (χ0) is 12.1. The Hall–Kier alpha value is -0.480. The van der Waals surface area contributed by atoms with Crippen molar-refractivity contribution in [1.29, 1.82) is 0 Å². The van der Waals surface area contributed by atoms with Crippen LogP contribution < -0.4 is 0 Å². The fraction of sp³-hybridized carbons (Fsp3) is 0.875. The zero-order valence-corrected chi connectivity index (χ0v) is 11.3. The Bertz CT molecular complexity index is 265. The van der Waals surface area contributed by atoms with E-state index in [-0.39, 0.29) is 0 Å². The number of nitrogens with zero attached hydrogens (tertiary/aromatic N) is 1. The van der Waals surface area contributed by atoms with Crippen LogP contribution >= 0.6 is 0 Å². The van der Waals surface area contributed by atoms with E-state index in [1.54, 1.807) is 0 Å². The van der Waals surface area contributed by atoms with Gasteiger partial charge in [0.1, 0.15) is 0 Å². The summed E-state index contributed by atoms with van der Waals surface area (Å²) < 4.78 is 0. The Labute approximate surface area is 107 Å². The quantitative estimate of drug-likeness (QED) is 0.527. The van der Waals surface area contributed by atoms with Crippen molar-refractivity contribution >= 4 is 0 Å². The van der Waals surface area contributed by atoms with Gasteiger partial charge in [0.25, 0.3) is 0 Å². The maximum Gasteiger partial charge on any atom is 0.0126 e. The van der Waals surface area contributed by atoms with Gasteiger partial charge in [0, 0.05) is 18.5 Å². The second kappa shape index (κ2) is 6.45. The van der Waals surface area contributed by atoms with E-state index < -0.39 is 0 Å². The molecule has 2 heterocycles. The minimum absolute atomic E-state index is 0.844. The molecule has 17 heavy (non-hydrogen) atoms. The fourth-order valence-electron chi connectivity index (χ4n) is 3.93. The molecule has 3 atom stereocenters. The van der Waals surface area contributed by atoms with Crippen LogP contribution in [0.5, 0.6) is 0 Å². The molecule has 0 aromatic rings. The van der Waals surface area contributed by atoms with Crippen molar-refractivity contribution in [2.24, 2.45) is 5.92 Å². The molecule has 2 saturated heterocycles. The van der Waals surface area contributed by atoms with Crippen molar-refractivity contribution in [2.45, 2.75) is 76.8 Å². The molecule has 0 aromatic heterocycles. The van der Waals surface area contributed by atoms with Gasteiger partial charge in [0.05, 0.1) is 0 Å². The van der Waals surface area contributed by atoms with Crippen molar-refractivity contribution in [2.75, 3.05) is 6.54 Å². The van der Waals surface area contributed by atoms with Gasteiger partial charge in [0.2, 0.25) is 0 Å². The molecule has 2 fully saturated rings. The highest BCUT2D eigenvalue weighted by molar-refractivity contribution is 4.92. The lowest BCUT2D eigenvalue weighted by Gasteiger charge is -2.49. The van der Waals surface area contributed by atoms with E-state index in [4.69, 9.17) is 6.42 Å². The van der Waals surface area contributed by atoms with E-state index in [1.165, 1.54) is 57.9 Å². The van der Waals surface area contributed by atoms with Gasteiger partial charge in [-0.3, -0.25) is 4.90 Å². The standard InChI is InChI=1S/C16H27N/c1-3-5-6-9-15-12-11-14(4-2)16-10-7-8-13-17(15)16/h1,14-16H,4-13H2,2H3/t14-,15-,16+/m0/s1. The van der Waals surface area contributed by atoms with E-state index in [9.17, 15) is 0 Å². The summed E-state index contributed by atoms with van der Waals surface area (Å²) in [6.45, 7) is 3.72. The first-order chi connectivity index (χ1) is 8.36. The Morgan fingerprint density at radius 2 is 2.12 bits per heavy atom. The smallest absolute Gasteiger partial charge is 0.0126 e. The van der Waals surface area contributed by atoms with Gasteiger partial charge in [-0.05, 0) is 51.0 Å². The summed E-state index contributed by atoms with van der Waals surface area (Å²) >= 11 is 0. The molecule has 2 aliphatic rings. The highest BCUT2D eigenvalue weighted by atomic mass is 15.2. The first-order valence-electron chi connectivity index (χ1n) is 7.56. The van der Waals surface area contributed by atoms with Crippen LogP contribution in [0, 0.1) is 18.3 Å². The summed E-state index contributed by atoms with van der Waals surface area (Å²) in [6.07, 6.45) is 17.4. The second-order valence-corrected chi connectivity index (χ2v) is 5.80. The summed E-state index contributed by atoms with van der Waals surface area (Å²) in [7, 11) is 0. The van der Waals surface area contributed by atoms with Crippen molar-refractivity contribution in [3.05, 3.63) is 0 Å². The number of hydrogen-bond acceptors (Lipinski definition) is 1. The molecule has 2 aliphatic heterocycles. The third-order valence-electron chi connectivity index (χ3n) is 4.86. The molecule has 0 bridgehead atoms. The molecule has 0 unspecified atom stereocenters. The third kappa shape index (κ3) is 3.05. The van der Waals surface area contributed by atoms with Gasteiger partial charge in [-0.25, -0.2) is 0 Å². The van der Waals surface area contributed by atoms with Gasteiger partial charge in [-0.1, -0.05) is 19.8 Å². The maximum atomic E-state index is 5.36. The highest BCUT2D eigenvalue weighted by Gasteiger charge is 2.36. The number of unbranched alkanes of at least 4 members (excludes halogenated alkanes) is 1. The van der Waals surface area contributed by atoms with Crippen LogP contribution in [0.25, 0.3) is 0 Å². The largest absolute Gasteiger partial charge is 0.297 e. The molecule has 2 rings (SSSR count). The monoisotopic (exact) mass is 233 g/mol. The van der Waals surface area contributed by atoms with Gasteiger partial charge in [-0.2, -0.15) is 0 Å². The maximum absolute atomic E-state index is 5.36. The lowest BCUT2D eigenvalue weighted by molar-refractivity contribution is 0.00668. The van der Waals surface area contributed by atoms with E-state index in [0.29, 0.717) is 0 Å². The Kier molecular flexibility index (Phi) is 4.92. The number of piperidine rings is 2. The Morgan fingerprint density at radius 3 is 2.88 bits per heavy atom. The van der Waals surface area contributed by atoms with Gasteiger partial charge in [0.15, 0.2) is 0 Å². The lowest BCUT2D eigenvalue weighted by Crippen LogP contribution is -2.53. The summed E-state index contributed by atoms with van der Waals surface area (Å²) in [5.41, 5.74) is 0. The third-order valence-corrected chi connectivity index (χ3v) is 4.86. The Morgan fingerprint density at radius 1 is 1.24 bits per heavy atom. The van der Waals surface area contributed by atoms with E-state index in [1.807, 2.05) is 0 Å². The van der Waals surface area contributed by atoms with Crippen molar-refractivity contribution in [3.8, 4) is 12.3 Å². The molecule has 1 nitrogen and oxygen atoms in total. The van der Waals surface area contributed by atoms with Crippen LogP contribution in [0.1, 0.15) is 64.7 Å². The van der Waals surface area contributed by atoms with Crippen molar-refractivity contribution in [3.63, 3.8) is 0 Å². The van der Waals surface area contributed by atoms with Gasteiger partial charge >= 0.3 is 0 Å². The number of rotatable bonds is 4. The molecule has 0 aromatic carbocycles. The normalized spacial score (nSPS) is 34.0. The number of terminal acetylenes is 1. The Balaban J connectivity index is 1.92. The van der Waals surface area contributed by atoms with Gasteiger partial charge in [-0.15, -0.1) is 12.3 Å². The second-order valence-electron chi connectivity index (χ2n) is 5.80. The molecule has 1 heteroatoms. The summed E-state index contributed by atoms with van der Waals surface area (Å²) in [4.78, 5) is 2.84.